The van der Waals surface area contributed by atoms with Crippen LogP contribution in [0.15, 0.2) is 29.2 Å². The lowest BCUT2D eigenvalue weighted by molar-refractivity contribution is 0.368. The van der Waals surface area contributed by atoms with Gasteiger partial charge in [0.1, 0.15) is 0 Å². The van der Waals surface area contributed by atoms with Crippen molar-refractivity contribution < 1.29 is 0 Å². The van der Waals surface area contributed by atoms with Crippen LogP contribution in [0.3, 0.4) is 0 Å². The third-order valence-corrected chi connectivity index (χ3v) is 5.98. The van der Waals surface area contributed by atoms with Crippen molar-refractivity contribution in [3.63, 3.8) is 0 Å². The molecule has 0 saturated carbocycles. The van der Waals surface area contributed by atoms with E-state index in [1.807, 2.05) is 25.6 Å². The minimum Gasteiger partial charge on any atom is -0.315 e. The predicted octanol–water partition coefficient (Wildman–Crippen LogP) is 3.28. The molecule has 4 radical (unpaired) electrons. The van der Waals surface area contributed by atoms with Gasteiger partial charge < -0.3 is 5.32 Å². The lowest BCUT2D eigenvalue weighted by atomic mass is 9.38. The molecule has 2 aliphatic heterocycles. The quantitative estimate of drug-likeness (QED) is 0.836. The van der Waals surface area contributed by atoms with Crippen molar-refractivity contribution in [3.8, 4) is 0 Å². The first-order valence-corrected chi connectivity index (χ1v) is 8.58. The highest BCUT2D eigenvalue weighted by molar-refractivity contribution is 7.99. The van der Waals surface area contributed by atoms with E-state index in [-0.39, 0.29) is 11.5 Å². The Labute approximate surface area is 130 Å². The Morgan fingerprint density at radius 3 is 2.65 bits per heavy atom. The normalized spacial score (nSPS) is 28.6. The van der Waals surface area contributed by atoms with Gasteiger partial charge in [0.2, 0.25) is 0 Å². The van der Waals surface area contributed by atoms with Crippen molar-refractivity contribution in [2.75, 3.05) is 12.3 Å². The first-order chi connectivity index (χ1) is 9.56. The fourth-order valence-electron chi connectivity index (χ4n) is 3.18. The molecule has 0 aromatic heterocycles. The summed E-state index contributed by atoms with van der Waals surface area (Å²) in [5.74, 6) is 0.970. The molecular weight excluding hydrogens is 260 g/mol. The third-order valence-electron chi connectivity index (χ3n) is 4.59. The molecule has 1 unspecified atom stereocenters. The number of rotatable bonds is 2. The molecule has 1 aromatic carbocycles. The van der Waals surface area contributed by atoms with Crippen LogP contribution < -0.4 is 5.32 Å². The molecule has 2 atom stereocenters. The maximum atomic E-state index is 6.58. The van der Waals surface area contributed by atoms with E-state index >= 15 is 0 Å². The molecule has 0 amide bonds. The molecule has 0 aliphatic carbocycles. The molecule has 0 bridgehead atoms. The smallest absolute Gasteiger partial charge is 0.0653 e. The van der Waals surface area contributed by atoms with E-state index in [1.165, 1.54) is 16.9 Å². The topological polar surface area (TPSA) is 12.0 Å². The van der Waals surface area contributed by atoms with Gasteiger partial charge in [-0.05, 0) is 42.5 Å². The van der Waals surface area contributed by atoms with Crippen molar-refractivity contribution in [1.82, 2.24) is 5.32 Å². The van der Waals surface area contributed by atoms with Crippen molar-refractivity contribution in [2.45, 2.75) is 55.2 Å². The number of fused-ring (bicyclic) bond motifs is 1. The van der Waals surface area contributed by atoms with E-state index < -0.39 is 5.21 Å². The molecular formula is C16H23B2NS. The lowest BCUT2D eigenvalue weighted by Crippen LogP contribution is -2.50. The van der Waals surface area contributed by atoms with Gasteiger partial charge in [0.25, 0.3) is 0 Å². The van der Waals surface area contributed by atoms with Crippen molar-refractivity contribution in [3.05, 3.63) is 29.8 Å². The molecule has 20 heavy (non-hydrogen) atoms. The van der Waals surface area contributed by atoms with Crippen LogP contribution in [0, 0.1) is 0 Å². The maximum Gasteiger partial charge on any atom is 0.0653 e. The zero-order valence-electron chi connectivity index (χ0n) is 12.8. The molecule has 1 N–H and O–H groups in total. The number of nitrogens with one attached hydrogen (secondary N) is 1. The van der Waals surface area contributed by atoms with E-state index in [2.05, 4.69) is 36.5 Å². The zero-order chi connectivity index (χ0) is 14.8. The molecule has 2 heterocycles. The Bertz CT molecular complexity index is 458. The number of hydrogen-bond donors (Lipinski definition) is 1. The first-order valence-electron chi connectivity index (χ1n) is 7.59. The Morgan fingerprint density at radius 2 is 2.00 bits per heavy atom. The van der Waals surface area contributed by atoms with Gasteiger partial charge in [-0.1, -0.05) is 44.2 Å². The second kappa shape index (κ2) is 6.19. The predicted molar refractivity (Wildman–Crippen MR) is 91.1 cm³/mol. The second-order valence-electron chi connectivity index (χ2n) is 5.70. The van der Waals surface area contributed by atoms with Crippen LogP contribution in [0.5, 0.6) is 0 Å². The molecule has 4 heteroatoms. The van der Waals surface area contributed by atoms with E-state index in [4.69, 9.17) is 15.7 Å². The van der Waals surface area contributed by atoms with Crippen LogP contribution in [0.25, 0.3) is 0 Å². The van der Waals surface area contributed by atoms with Crippen LogP contribution >= 0.6 is 11.8 Å². The first kappa shape index (κ1) is 16.0. The third kappa shape index (κ3) is 2.46. The molecule has 1 aromatic rings. The molecule has 104 valence electrons. The van der Waals surface area contributed by atoms with Crippen molar-refractivity contribution in [2.24, 2.45) is 0 Å². The SMILES string of the molecule is CC.[B]C([B])([C@H]1CCCN1)C1(C)CSc2ccccc21. The van der Waals surface area contributed by atoms with Crippen molar-refractivity contribution >= 4 is 27.5 Å². The second-order valence-corrected chi connectivity index (χ2v) is 6.72. The summed E-state index contributed by atoms with van der Waals surface area (Å²) >= 11 is 1.87. The molecule has 1 saturated heterocycles. The summed E-state index contributed by atoms with van der Waals surface area (Å²) in [5, 5.41) is 2.78. The van der Waals surface area contributed by atoms with Gasteiger partial charge in [-0.15, -0.1) is 11.8 Å². The number of thioether (sulfide) groups is 1. The lowest BCUT2D eigenvalue weighted by Gasteiger charge is -2.47. The number of benzene rings is 1. The Kier molecular flexibility index (Phi) is 4.96. The maximum absolute atomic E-state index is 6.58. The van der Waals surface area contributed by atoms with Crippen LogP contribution in [0.2, 0.25) is 5.21 Å². The summed E-state index contributed by atoms with van der Waals surface area (Å²) in [4.78, 5) is 1.33. The van der Waals surface area contributed by atoms with Gasteiger partial charge in [-0.25, -0.2) is 0 Å². The standard InChI is InChI=1S/C14H17B2NS.C2H6/c1-13(14(15,16)12-7-4-8-17-12)9-18-11-6-3-2-5-10(11)13;1-2/h2-3,5-6,12,17H,4,7-9H2,1H3;1-2H3/t12-,13?;/m1./s1. The fourth-order valence-corrected chi connectivity index (χ4v) is 4.66. The molecule has 2 aliphatic rings. The number of hydrogen-bond acceptors (Lipinski definition) is 2. The summed E-state index contributed by atoms with van der Waals surface area (Å²) < 4.78 is 0. The highest BCUT2D eigenvalue weighted by Gasteiger charge is 2.49. The minimum atomic E-state index is -0.691. The van der Waals surface area contributed by atoms with Crippen LogP contribution in [-0.4, -0.2) is 34.0 Å². The van der Waals surface area contributed by atoms with Gasteiger partial charge in [-0.2, -0.15) is 0 Å². The molecule has 0 spiro atoms. The Hall–Kier alpha value is -0.340. The van der Waals surface area contributed by atoms with Crippen LogP contribution in [0.1, 0.15) is 39.2 Å². The van der Waals surface area contributed by atoms with Crippen molar-refractivity contribution in [1.29, 1.82) is 0 Å². The van der Waals surface area contributed by atoms with Gasteiger partial charge in [0, 0.05) is 10.6 Å². The molecule has 3 rings (SSSR count). The van der Waals surface area contributed by atoms with Gasteiger partial charge >= 0.3 is 0 Å². The van der Waals surface area contributed by atoms with E-state index in [9.17, 15) is 0 Å². The summed E-state index contributed by atoms with van der Waals surface area (Å²) in [6, 6.07) is 8.73. The summed E-state index contributed by atoms with van der Waals surface area (Å²) in [7, 11) is 13.2. The summed E-state index contributed by atoms with van der Waals surface area (Å²) in [6.45, 7) is 7.25. The average molecular weight is 283 g/mol. The molecule has 1 fully saturated rings. The van der Waals surface area contributed by atoms with Gasteiger partial charge in [0.15, 0.2) is 0 Å². The van der Waals surface area contributed by atoms with E-state index in [1.54, 1.807) is 0 Å². The Morgan fingerprint density at radius 1 is 1.30 bits per heavy atom. The minimum absolute atomic E-state index is 0.156. The highest BCUT2D eigenvalue weighted by Crippen LogP contribution is 2.56. The monoisotopic (exact) mass is 283 g/mol. The fraction of sp³-hybridized carbons (Fsp3) is 0.625. The Balaban J connectivity index is 0.000000704. The molecule has 1 nitrogen and oxygen atoms in total. The van der Waals surface area contributed by atoms with E-state index in [0.29, 0.717) is 0 Å². The largest absolute Gasteiger partial charge is 0.315 e. The summed E-state index contributed by atoms with van der Waals surface area (Å²) in [6.07, 6.45) is 2.25. The highest BCUT2D eigenvalue weighted by atomic mass is 32.2. The zero-order valence-corrected chi connectivity index (χ0v) is 13.6. The summed E-state index contributed by atoms with van der Waals surface area (Å²) in [5.41, 5.74) is 1.16. The average Bonchev–Trinajstić information content (AvgIpc) is 3.11. The van der Waals surface area contributed by atoms with Crippen LogP contribution in [-0.2, 0) is 5.41 Å². The van der Waals surface area contributed by atoms with E-state index in [0.717, 1.165) is 18.7 Å². The van der Waals surface area contributed by atoms with Gasteiger partial charge in [-0.3, -0.25) is 0 Å². The van der Waals surface area contributed by atoms with Gasteiger partial charge in [0.05, 0.1) is 15.7 Å². The van der Waals surface area contributed by atoms with Crippen LogP contribution in [0.4, 0.5) is 0 Å².